The molecule has 0 radical (unpaired) electrons. The number of ether oxygens (including phenoxy) is 2. The van der Waals surface area contributed by atoms with Crippen LogP contribution in [-0.2, 0) is 18.3 Å². The van der Waals surface area contributed by atoms with Crippen molar-refractivity contribution in [3.63, 3.8) is 0 Å². The van der Waals surface area contributed by atoms with Crippen molar-refractivity contribution in [1.82, 2.24) is 4.40 Å². The summed E-state index contributed by atoms with van der Waals surface area (Å²) in [5, 5.41) is -0.702. The molecule has 42 heavy (non-hydrogen) atoms. The van der Waals surface area contributed by atoms with Crippen LogP contribution in [-0.4, -0.2) is 34.5 Å². The molecule has 2 aromatic heterocycles. The highest BCUT2D eigenvalue weighted by atomic mass is 32.2. The van der Waals surface area contributed by atoms with Gasteiger partial charge in [0.2, 0.25) is 0 Å². The largest absolute Gasteiger partial charge is 0.462 e. The van der Waals surface area contributed by atoms with Crippen molar-refractivity contribution in [2.75, 3.05) is 6.61 Å². The summed E-state index contributed by atoms with van der Waals surface area (Å²) in [6.07, 6.45) is 0.761. The summed E-state index contributed by atoms with van der Waals surface area (Å²) in [5.74, 6) is -0.196. The van der Waals surface area contributed by atoms with E-state index < -0.39 is 36.1 Å². The average molecular weight is 610 g/mol. The molecule has 0 saturated heterocycles. The summed E-state index contributed by atoms with van der Waals surface area (Å²) in [6.45, 7) is 10.8. The standard InChI is InChI=1S/C32H36NO7PS/c1-7-37-30(34)28-26-15-11-12-20-33(26)29(27(28)24-13-9-8-10-14-24)31(41(36,39-21(2)3)40-22(4)5)42-32(35)38-25-18-16-23(6)17-19-25/h8-22,31H,7H2,1-6H3. The molecule has 0 N–H and O–H groups in total. The van der Waals surface area contributed by atoms with Crippen LogP contribution < -0.4 is 4.74 Å². The maximum atomic E-state index is 14.9. The van der Waals surface area contributed by atoms with E-state index in [0.717, 1.165) is 5.56 Å². The number of thioether (sulfide) groups is 1. The molecule has 4 rings (SSSR count). The molecule has 2 heterocycles. The van der Waals surface area contributed by atoms with E-state index in [-0.39, 0.29) is 12.2 Å². The second-order valence-electron chi connectivity index (χ2n) is 10.2. The van der Waals surface area contributed by atoms with Crippen LogP contribution in [0.25, 0.3) is 16.6 Å². The van der Waals surface area contributed by atoms with Gasteiger partial charge in [-0.05, 0) is 83.1 Å². The number of carbonyl (C=O) groups excluding carboxylic acids is 2. The molecule has 0 saturated carbocycles. The Hall–Kier alpha value is -3.36. The molecule has 1 unspecified atom stereocenters. The number of fused-ring (bicyclic) bond motifs is 1. The molecule has 2 aromatic carbocycles. The van der Waals surface area contributed by atoms with Crippen LogP contribution in [0.2, 0.25) is 0 Å². The van der Waals surface area contributed by atoms with Crippen molar-refractivity contribution >= 4 is 36.1 Å². The van der Waals surface area contributed by atoms with Crippen LogP contribution in [0.3, 0.4) is 0 Å². The van der Waals surface area contributed by atoms with Gasteiger partial charge in [0.05, 0.1) is 35.6 Å². The van der Waals surface area contributed by atoms with Crippen LogP contribution in [0.4, 0.5) is 4.79 Å². The van der Waals surface area contributed by atoms with E-state index >= 15 is 0 Å². The Labute approximate surface area is 250 Å². The molecule has 0 aliphatic carbocycles. The minimum atomic E-state index is -4.12. The van der Waals surface area contributed by atoms with Crippen LogP contribution in [0.1, 0.15) is 61.2 Å². The SMILES string of the molecule is CCOC(=O)c1c(-c2ccccc2)c(C(SC(=O)Oc2ccc(C)cc2)P(=O)(OC(C)C)OC(C)C)n2ccccc12. The van der Waals surface area contributed by atoms with E-state index in [1.165, 1.54) is 0 Å². The second-order valence-corrected chi connectivity index (χ2v) is 13.6. The third kappa shape index (κ3) is 7.16. The maximum Gasteiger partial charge on any atom is 0.374 e. The highest BCUT2D eigenvalue weighted by Crippen LogP contribution is 2.68. The Bertz CT molecular complexity index is 1570. The zero-order chi connectivity index (χ0) is 30.4. The summed E-state index contributed by atoms with van der Waals surface area (Å²) in [7, 11) is -4.12. The molecule has 0 spiro atoms. The van der Waals surface area contributed by atoms with Crippen LogP contribution >= 0.6 is 19.4 Å². The van der Waals surface area contributed by atoms with Crippen molar-refractivity contribution in [1.29, 1.82) is 0 Å². The number of carbonyl (C=O) groups is 2. The fourth-order valence-corrected chi connectivity index (χ4v) is 8.34. The summed E-state index contributed by atoms with van der Waals surface area (Å²) in [5.41, 5.74) is 3.38. The van der Waals surface area contributed by atoms with Gasteiger partial charge in [-0.2, -0.15) is 0 Å². The summed E-state index contributed by atoms with van der Waals surface area (Å²) >= 11 is 0.703. The first-order chi connectivity index (χ1) is 20.0. The molecule has 0 aliphatic rings. The molecule has 0 aliphatic heterocycles. The monoisotopic (exact) mass is 609 g/mol. The Balaban J connectivity index is 2.01. The molecule has 0 bridgehead atoms. The third-order valence-corrected chi connectivity index (χ3v) is 10.2. The van der Waals surface area contributed by atoms with Gasteiger partial charge in [0, 0.05) is 11.8 Å². The summed E-state index contributed by atoms with van der Waals surface area (Å²) in [6, 6.07) is 21.7. The highest BCUT2D eigenvalue weighted by Gasteiger charge is 2.46. The lowest BCUT2D eigenvalue weighted by atomic mass is 10.0. The minimum Gasteiger partial charge on any atom is -0.462 e. The average Bonchev–Trinajstić information content (AvgIpc) is 3.27. The van der Waals surface area contributed by atoms with E-state index in [4.69, 9.17) is 18.5 Å². The number of hydrogen-bond donors (Lipinski definition) is 0. The first kappa shape index (κ1) is 31.6. The minimum absolute atomic E-state index is 0.166. The van der Waals surface area contributed by atoms with Crippen LogP contribution in [0.15, 0.2) is 79.0 Å². The van der Waals surface area contributed by atoms with Gasteiger partial charge in [0.1, 0.15) is 5.75 Å². The van der Waals surface area contributed by atoms with Crippen molar-refractivity contribution in [2.24, 2.45) is 0 Å². The number of hydrogen-bond acceptors (Lipinski definition) is 8. The van der Waals surface area contributed by atoms with Crippen molar-refractivity contribution in [2.45, 2.75) is 58.7 Å². The lowest BCUT2D eigenvalue weighted by molar-refractivity contribution is 0.0529. The van der Waals surface area contributed by atoms with E-state index in [0.29, 0.717) is 39.8 Å². The fourth-order valence-electron chi connectivity index (χ4n) is 4.59. The van der Waals surface area contributed by atoms with Crippen molar-refractivity contribution < 1.29 is 32.7 Å². The molecule has 10 heteroatoms. The zero-order valence-corrected chi connectivity index (χ0v) is 26.3. The predicted octanol–water partition coefficient (Wildman–Crippen LogP) is 9.07. The van der Waals surface area contributed by atoms with Gasteiger partial charge in [-0.3, -0.25) is 4.57 Å². The van der Waals surface area contributed by atoms with E-state index in [1.54, 1.807) is 75.5 Å². The molecule has 222 valence electrons. The molecule has 1 atom stereocenters. The number of aromatic nitrogens is 1. The highest BCUT2D eigenvalue weighted by molar-refractivity contribution is 8.17. The second kappa shape index (κ2) is 13.7. The number of nitrogens with zero attached hydrogens (tertiary/aromatic N) is 1. The van der Waals surface area contributed by atoms with Crippen LogP contribution in [0.5, 0.6) is 5.75 Å². The normalized spacial score (nSPS) is 12.6. The fraction of sp³-hybridized carbons (Fsp3) is 0.312. The first-order valence-corrected chi connectivity index (χ1v) is 16.3. The molecule has 4 aromatic rings. The molecular weight excluding hydrogens is 573 g/mol. The summed E-state index contributed by atoms with van der Waals surface area (Å²) in [4.78, 5) is 25.8. The molecule has 8 nitrogen and oxygen atoms in total. The first-order valence-electron chi connectivity index (χ1n) is 13.8. The van der Waals surface area contributed by atoms with Gasteiger partial charge in [-0.15, -0.1) is 0 Å². The number of rotatable bonds is 11. The number of pyridine rings is 1. The van der Waals surface area contributed by atoms with Gasteiger partial charge < -0.3 is 22.9 Å². The maximum absolute atomic E-state index is 14.9. The molecule has 0 fully saturated rings. The Kier molecular flexibility index (Phi) is 10.3. The van der Waals surface area contributed by atoms with Crippen molar-refractivity contribution in [3.05, 3.63) is 95.8 Å². The van der Waals surface area contributed by atoms with Crippen molar-refractivity contribution in [3.8, 4) is 16.9 Å². The third-order valence-electron chi connectivity index (χ3n) is 6.09. The lowest BCUT2D eigenvalue weighted by Crippen LogP contribution is -2.16. The van der Waals surface area contributed by atoms with Gasteiger partial charge in [-0.1, -0.05) is 54.1 Å². The number of benzene rings is 2. The van der Waals surface area contributed by atoms with Gasteiger partial charge >= 0.3 is 18.9 Å². The van der Waals surface area contributed by atoms with Gasteiger partial charge in [-0.25, -0.2) is 9.59 Å². The Morgan fingerprint density at radius 1 is 0.881 bits per heavy atom. The lowest BCUT2D eigenvalue weighted by Gasteiger charge is -2.29. The summed E-state index contributed by atoms with van der Waals surface area (Å²) < 4.78 is 39.9. The zero-order valence-electron chi connectivity index (χ0n) is 24.6. The molecular formula is C32H36NO7PS. The number of aryl methyl sites for hydroxylation is 1. The van der Waals surface area contributed by atoms with Gasteiger partial charge in [0.15, 0.2) is 4.99 Å². The Morgan fingerprint density at radius 3 is 2.10 bits per heavy atom. The quantitative estimate of drug-likeness (QED) is 0.123. The Morgan fingerprint density at radius 2 is 1.50 bits per heavy atom. The topological polar surface area (TPSA) is 92.5 Å². The van der Waals surface area contributed by atoms with E-state index in [9.17, 15) is 14.2 Å². The molecule has 0 amide bonds. The van der Waals surface area contributed by atoms with E-state index in [2.05, 4.69) is 0 Å². The van der Waals surface area contributed by atoms with Crippen LogP contribution in [0, 0.1) is 6.92 Å². The smallest absolute Gasteiger partial charge is 0.374 e. The number of esters is 1. The van der Waals surface area contributed by atoms with Gasteiger partial charge in [0.25, 0.3) is 0 Å². The van der Waals surface area contributed by atoms with E-state index in [1.807, 2.05) is 49.4 Å². The predicted molar refractivity (Wildman–Crippen MR) is 166 cm³/mol.